The number of benzene rings is 2. The Morgan fingerprint density at radius 3 is 2.60 bits per heavy atom. The number of nitrogens with one attached hydrogen (secondary N) is 1. The molecule has 0 saturated heterocycles. The number of nitro groups is 1. The maximum Gasteiger partial charge on any atom is 0.270 e. The molecule has 0 aromatic heterocycles. The van der Waals surface area contributed by atoms with Crippen molar-refractivity contribution < 1.29 is 4.92 Å². The molecule has 0 heterocycles. The first-order chi connectivity index (χ1) is 9.66. The lowest BCUT2D eigenvalue weighted by Crippen LogP contribution is -2.24. The van der Waals surface area contributed by atoms with Crippen molar-refractivity contribution in [3.63, 3.8) is 0 Å². The monoisotopic (exact) mass is 286 g/mol. The van der Waals surface area contributed by atoms with Crippen LogP contribution in [0.25, 0.3) is 0 Å². The summed E-state index contributed by atoms with van der Waals surface area (Å²) in [6, 6.07) is 16.4. The zero-order valence-electron chi connectivity index (χ0n) is 10.8. The van der Waals surface area contributed by atoms with E-state index in [0.717, 1.165) is 6.42 Å². The third-order valence-electron chi connectivity index (χ3n) is 2.86. The van der Waals surface area contributed by atoms with Crippen LogP contribution < -0.4 is 5.32 Å². The first-order valence-corrected chi connectivity index (χ1v) is 6.64. The van der Waals surface area contributed by atoms with Crippen molar-refractivity contribution >= 4 is 22.9 Å². The van der Waals surface area contributed by atoms with Gasteiger partial charge < -0.3 is 5.32 Å². The smallest absolute Gasteiger partial charge is 0.270 e. The summed E-state index contributed by atoms with van der Waals surface area (Å²) < 4.78 is 0. The summed E-state index contributed by atoms with van der Waals surface area (Å²) in [7, 11) is 0. The second-order valence-electron chi connectivity index (χ2n) is 4.30. The van der Waals surface area contributed by atoms with Gasteiger partial charge in [0.05, 0.1) is 4.92 Å². The van der Waals surface area contributed by atoms with Gasteiger partial charge in [0.1, 0.15) is 4.99 Å². The van der Waals surface area contributed by atoms with Crippen molar-refractivity contribution in [1.82, 2.24) is 5.32 Å². The molecular weight excluding hydrogens is 272 g/mol. The van der Waals surface area contributed by atoms with Gasteiger partial charge in [-0.3, -0.25) is 10.1 Å². The number of hydrogen-bond acceptors (Lipinski definition) is 3. The van der Waals surface area contributed by atoms with Crippen LogP contribution in [0.15, 0.2) is 54.6 Å². The van der Waals surface area contributed by atoms with Gasteiger partial charge >= 0.3 is 0 Å². The summed E-state index contributed by atoms with van der Waals surface area (Å²) in [6.07, 6.45) is 0.857. The lowest BCUT2D eigenvalue weighted by molar-refractivity contribution is -0.384. The molecule has 0 spiro atoms. The lowest BCUT2D eigenvalue weighted by atomic mass is 10.1. The summed E-state index contributed by atoms with van der Waals surface area (Å²) in [5.41, 5.74) is 1.94. The average Bonchev–Trinajstić information content (AvgIpc) is 2.48. The first-order valence-electron chi connectivity index (χ1n) is 6.23. The molecule has 102 valence electrons. The van der Waals surface area contributed by atoms with E-state index in [1.54, 1.807) is 12.1 Å². The first kappa shape index (κ1) is 14.1. The minimum Gasteiger partial charge on any atom is -0.375 e. The Balaban J connectivity index is 1.92. The normalized spacial score (nSPS) is 10.0. The summed E-state index contributed by atoms with van der Waals surface area (Å²) in [5, 5.41) is 13.8. The molecule has 2 aromatic rings. The molecule has 0 radical (unpaired) electrons. The highest BCUT2D eigenvalue weighted by Crippen LogP contribution is 2.13. The van der Waals surface area contributed by atoms with E-state index in [1.807, 2.05) is 18.2 Å². The molecule has 0 atom stereocenters. The minimum atomic E-state index is -0.421. The van der Waals surface area contributed by atoms with Gasteiger partial charge in [-0.05, 0) is 12.0 Å². The highest BCUT2D eigenvalue weighted by Gasteiger charge is 2.08. The average molecular weight is 286 g/mol. The summed E-state index contributed by atoms with van der Waals surface area (Å²) in [6.45, 7) is 0.700. The number of non-ortho nitro benzene ring substituents is 1. The van der Waals surface area contributed by atoms with E-state index in [9.17, 15) is 10.1 Å². The van der Waals surface area contributed by atoms with E-state index in [-0.39, 0.29) is 5.69 Å². The zero-order chi connectivity index (χ0) is 14.4. The predicted molar refractivity (Wildman–Crippen MR) is 82.9 cm³/mol. The van der Waals surface area contributed by atoms with Crippen LogP contribution in [0.3, 0.4) is 0 Å². The summed E-state index contributed by atoms with van der Waals surface area (Å²) in [4.78, 5) is 10.8. The van der Waals surface area contributed by atoms with Crippen LogP contribution in [0.4, 0.5) is 5.69 Å². The number of nitrogens with zero attached hydrogens (tertiary/aromatic N) is 1. The van der Waals surface area contributed by atoms with Crippen LogP contribution in [-0.4, -0.2) is 16.5 Å². The Labute approximate surface area is 122 Å². The van der Waals surface area contributed by atoms with Gasteiger partial charge in [-0.25, -0.2) is 0 Å². The van der Waals surface area contributed by atoms with Crippen LogP contribution in [0.2, 0.25) is 0 Å². The highest BCUT2D eigenvalue weighted by molar-refractivity contribution is 7.80. The standard InChI is InChI=1S/C15H14N2O2S/c18-17(19)14-8-4-7-13(11-14)15(20)16-10-9-12-5-2-1-3-6-12/h1-8,11H,9-10H2,(H,16,20). The Bertz CT molecular complexity index is 614. The van der Waals surface area contributed by atoms with E-state index in [1.165, 1.54) is 17.7 Å². The van der Waals surface area contributed by atoms with E-state index < -0.39 is 4.92 Å². The summed E-state index contributed by atoms with van der Waals surface area (Å²) in [5.74, 6) is 0. The van der Waals surface area contributed by atoms with Crippen molar-refractivity contribution in [2.45, 2.75) is 6.42 Å². The topological polar surface area (TPSA) is 55.2 Å². The van der Waals surface area contributed by atoms with E-state index in [0.29, 0.717) is 17.1 Å². The van der Waals surface area contributed by atoms with Crippen LogP contribution in [0.1, 0.15) is 11.1 Å². The van der Waals surface area contributed by atoms with E-state index >= 15 is 0 Å². The molecule has 20 heavy (non-hydrogen) atoms. The predicted octanol–water partition coefficient (Wildman–Crippen LogP) is 3.10. The molecule has 0 aliphatic heterocycles. The summed E-state index contributed by atoms with van der Waals surface area (Å²) >= 11 is 5.25. The molecule has 0 saturated carbocycles. The van der Waals surface area contributed by atoms with Gasteiger partial charge in [-0.1, -0.05) is 54.7 Å². The number of nitro benzene ring substituents is 1. The van der Waals surface area contributed by atoms with Gasteiger partial charge in [0.15, 0.2) is 0 Å². The molecule has 2 rings (SSSR count). The third-order valence-corrected chi connectivity index (χ3v) is 3.24. The molecule has 4 nitrogen and oxygen atoms in total. The molecule has 2 aromatic carbocycles. The van der Waals surface area contributed by atoms with E-state index in [4.69, 9.17) is 12.2 Å². The van der Waals surface area contributed by atoms with Crippen molar-refractivity contribution in [3.05, 3.63) is 75.8 Å². The fraction of sp³-hybridized carbons (Fsp3) is 0.133. The number of hydrogen-bond donors (Lipinski definition) is 1. The third kappa shape index (κ3) is 3.86. The molecular formula is C15H14N2O2S. The van der Waals surface area contributed by atoms with Crippen LogP contribution in [-0.2, 0) is 6.42 Å². The van der Waals surface area contributed by atoms with Crippen molar-refractivity contribution in [3.8, 4) is 0 Å². The van der Waals surface area contributed by atoms with Crippen LogP contribution in [0, 0.1) is 10.1 Å². The minimum absolute atomic E-state index is 0.0507. The van der Waals surface area contributed by atoms with Crippen molar-refractivity contribution in [1.29, 1.82) is 0 Å². The van der Waals surface area contributed by atoms with Gasteiger partial charge in [0, 0.05) is 24.2 Å². The van der Waals surface area contributed by atoms with Gasteiger partial charge in [-0.15, -0.1) is 0 Å². The highest BCUT2D eigenvalue weighted by atomic mass is 32.1. The van der Waals surface area contributed by atoms with Crippen LogP contribution in [0.5, 0.6) is 0 Å². The fourth-order valence-corrected chi connectivity index (χ4v) is 2.06. The molecule has 0 amide bonds. The molecule has 0 aliphatic rings. The Morgan fingerprint density at radius 2 is 1.90 bits per heavy atom. The molecule has 5 heteroatoms. The largest absolute Gasteiger partial charge is 0.375 e. The Kier molecular flexibility index (Phi) is 4.79. The van der Waals surface area contributed by atoms with Crippen molar-refractivity contribution in [2.24, 2.45) is 0 Å². The van der Waals surface area contributed by atoms with Gasteiger partial charge in [-0.2, -0.15) is 0 Å². The quantitative estimate of drug-likeness (QED) is 0.521. The molecule has 0 fully saturated rings. The molecule has 0 bridgehead atoms. The van der Waals surface area contributed by atoms with Gasteiger partial charge in [0.25, 0.3) is 5.69 Å². The maximum atomic E-state index is 10.7. The second kappa shape index (κ2) is 6.77. The lowest BCUT2D eigenvalue weighted by Gasteiger charge is -2.08. The Morgan fingerprint density at radius 1 is 1.15 bits per heavy atom. The zero-order valence-corrected chi connectivity index (χ0v) is 11.6. The van der Waals surface area contributed by atoms with Gasteiger partial charge in [0.2, 0.25) is 0 Å². The van der Waals surface area contributed by atoms with Crippen LogP contribution >= 0.6 is 12.2 Å². The fourth-order valence-electron chi connectivity index (χ4n) is 1.83. The number of thiocarbonyl (C=S) groups is 1. The molecule has 1 N–H and O–H groups in total. The van der Waals surface area contributed by atoms with Crippen molar-refractivity contribution in [2.75, 3.05) is 6.54 Å². The molecule has 0 aliphatic carbocycles. The number of rotatable bonds is 5. The maximum absolute atomic E-state index is 10.7. The van der Waals surface area contributed by atoms with E-state index in [2.05, 4.69) is 17.4 Å². The Hall–Kier alpha value is -2.27. The molecule has 0 unspecified atom stereocenters. The SMILES string of the molecule is O=[N+]([O-])c1cccc(C(=S)NCCc2ccccc2)c1. The second-order valence-corrected chi connectivity index (χ2v) is 4.71.